The molecule has 8 heteroatoms. The van der Waals surface area contributed by atoms with Gasteiger partial charge in [0.15, 0.2) is 0 Å². The molecule has 28 heavy (non-hydrogen) atoms. The Morgan fingerprint density at radius 2 is 1.71 bits per heavy atom. The summed E-state index contributed by atoms with van der Waals surface area (Å²) in [6.07, 6.45) is 0.0853. The average molecular weight is 385 g/mol. The first-order valence-electron chi connectivity index (χ1n) is 9.10. The normalized spacial score (nSPS) is 13.5. The van der Waals surface area contributed by atoms with Crippen LogP contribution in [-0.2, 0) is 9.53 Å². The molecule has 8 nitrogen and oxygen atoms in total. The van der Waals surface area contributed by atoms with Crippen LogP contribution < -0.4 is 5.48 Å². The topological polar surface area (TPSA) is 99.2 Å². The van der Waals surface area contributed by atoms with Crippen molar-refractivity contribution in [3.63, 3.8) is 0 Å². The number of likely N-dealkylation sites (N-methyl/N-ethyl adjacent to an activating group) is 1. The van der Waals surface area contributed by atoms with E-state index in [4.69, 9.17) is 9.94 Å². The molecule has 1 heterocycles. The molecule has 0 unspecified atom stereocenters. The smallest absolute Gasteiger partial charge is 0.261 e. The third kappa shape index (κ3) is 4.19. The van der Waals surface area contributed by atoms with Gasteiger partial charge in [-0.3, -0.25) is 24.5 Å². The molecular weight excluding hydrogens is 362 g/mol. The molecular formula is C20H23N3O5. The molecule has 3 rings (SSSR count). The number of amides is 3. The van der Waals surface area contributed by atoms with Gasteiger partial charge in [-0.05, 0) is 24.6 Å². The minimum atomic E-state index is -0.495. The van der Waals surface area contributed by atoms with E-state index in [1.165, 1.54) is 4.90 Å². The maximum Gasteiger partial charge on any atom is 0.261 e. The molecule has 2 N–H and O–H groups in total. The number of benzene rings is 2. The van der Waals surface area contributed by atoms with Gasteiger partial charge in [0.25, 0.3) is 11.8 Å². The van der Waals surface area contributed by atoms with Gasteiger partial charge in [-0.2, -0.15) is 0 Å². The van der Waals surface area contributed by atoms with E-state index in [-0.39, 0.29) is 31.4 Å². The van der Waals surface area contributed by atoms with Crippen LogP contribution in [0.1, 0.15) is 27.1 Å². The molecule has 0 saturated heterocycles. The van der Waals surface area contributed by atoms with Crippen molar-refractivity contribution < 1.29 is 24.3 Å². The Hall–Kier alpha value is -2.81. The number of rotatable bonds is 9. The molecule has 0 aromatic heterocycles. The van der Waals surface area contributed by atoms with E-state index in [1.807, 2.05) is 36.2 Å². The zero-order chi connectivity index (χ0) is 20.1. The third-order valence-electron chi connectivity index (χ3n) is 4.78. The van der Waals surface area contributed by atoms with E-state index in [0.29, 0.717) is 30.8 Å². The number of hydroxylamine groups is 1. The first-order valence-corrected chi connectivity index (χ1v) is 9.10. The summed E-state index contributed by atoms with van der Waals surface area (Å²) >= 11 is 0. The van der Waals surface area contributed by atoms with E-state index in [1.54, 1.807) is 17.6 Å². The van der Waals surface area contributed by atoms with E-state index in [2.05, 4.69) is 0 Å². The molecule has 0 spiro atoms. The Labute approximate surface area is 162 Å². The zero-order valence-corrected chi connectivity index (χ0v) is 15.7. The fourth-order valence-electron chi connectivity index (χ4n) is 3.21. The molecule has 0 atom stereocenters. The van der Waals surface area contributed by atoms with Crippen molar-refractivity contribution in [2.75, 3.05) is 39.9 Å². The van der Waals surface area contributed by atoms with Crippen LogP contribution in [0.2, 0.25) is 0 Å². The van der Waals surface area contributed by atoms with Gasteiger partial charge in [-0.1, -0.05) is 24.3 Å². The SMILES string of the molecule is CN(CCOCCC(=O)NO)CCN1C(=O)c2cccc3cccc(c23)C1=O. The number of nitrogens with one attached hydrogen (secondary N) is 1. The first-order chi connectivity index (χ1) is 13.5. The number of imide groups is 1. The van der Waals surface area contributed by atoms with Gasteiger partial charge >= 0.3 is 0 Å². The van der Waals surface area contributed by atoms with Gasteiger partial charge < -0.3 is 9.64 Å². The minimum Gasteiger partial charge on any atom is -0.380 e. The largest absolute Gasteiger partial charge is 0.380 e. The lowest BCUT2D eigenvalue weighted by Gasteiger charge is -2.28. The average Bonchev–Trinajstić information content (AvgIpc) is 2.71. The van der Waals surface area contributed by atoms with Crippen LogP contribution in [0.4, 0.5) is 0 Å². The van der Waals surface area contributed by atoms with Gasteiger partial charge in [-0.15, -0.1) is 0 Å². The number of hydrogen-bond acceptors (Lipinski definition) is 6. The second-order valence-corrected chi connectivity index (χ2v) is 6.67. The number of carbonyl (C=O) groups excluding carboxylic acids is 3. The van der Waals surface area contributed by atoms with Crippen LogP contribution in [0, 0.1) is 0 Å². The van der Waals surface area contributed by atoms with Crippen LogP contribution in [0.15, 0.2) is 36.4 Å². The lowest BCUT2D eigenvalue weighted by Crippen LogP contribution is -2.44. The molecule has 2 aromatic carbocycles. The Bertz CT molecular complexity index is 848. The molecule has 0 bridgehead atoms. The third-order valence-corrected chi connectivity index (χ3v) is 4.78. The van der Waals surface area contributed by atoms with Crippen molar-refractivity contribution in [3.8, 4) is 0 Å². The number of ether oxygens (including phenoxy) is 1. The molecule has 0 fully saturated rings. The summed E-state index contributed by atoms with van der Waals surface area (Å²) in [4.78, 5) is 39.8. The number of nitrogens with zero attached hydrogens (tertiary/aromatic N) is 2. The highest BCUT2D eigenvalue weighted by molar-refractivity contribution is 6.25. The predicted molar refractivity (Wildman–Crippen MR) is 102 cm³/mol. The Balaban J connectivity index is 1.55. The molecule has 2 aromatic rings. The van der Waals surface area contributed by atoms with Crippen molar-refractivity contribution in [1.82, 2.24) is 15.3 Å². The standard InChI is InChI=1S/C20H23N3O5/c1-22(11-13-28-12-8-17(24)21-27)9-10-23-19(25)15-6-2-4-14-5-3-7-16(18(14)15)20(23)26/h2-7,27H,8-13H2,1H3,(H,21,24). The maximum atomic E-state index is 12.8. The van der Waals surface area contributed by atoms with Crippen molar-refractivity contribution in [3.05, 3.63) is 47.5 Å². The van der Waals surface area contributed by atoms with E-state index in [0.717, 1.165) is 10.8 Å². The quantitative estimate of drug-likeness (QED) is 0.292. The van der Waals surface area contributed by atoms with Crippen molar-refractivity contribution in [1.29, 1.82) is 0 Å². The van der Waals surface area contributed by atoms with Crippen LogP contribution in [0.25, 0.3) is 10.8 Å². The number of carbonyl (C=O) groups is 3. The monoisotopic (exact) mass is 385 g/mol. The van der Waals surface area contributed by atoms with Crippen molar-refractivity contribution >= 4 is 28.5 Å². The van der Waals surface area contributed by atoms with E-state index >= 15 is 0 Å². The molecule has 148 valence electrons. The van der Waals surface area contributed by atoms with Gasteiger partial charge in [0, 0.05) is 36.1 Å². The maximum absolute atomic E-state index is 12.8. The van der Waals surface area contributed by atoms with Gasteiger partial charge in [0.1, 0.15) is 0 Å². The van der Waals surface area contributed by atoms with Gasteiger partial charge in [0.05, 0.1) is 19.6 Å². The predicted octanol–water partition coefficient (Wildman–Crippen LogP) is 1.28. The van der Waals surface area contributed by atoms with Crippen LogP contribution in [-0.4, -0.2) is 72.6 Å². The molecule has 0 radical (unpaired) electrons. The molecule has 1 aliphatic rings. The Morgan fingerprint density at radius 1 is 1.07 bits per heavy atom. The minimum absolute atomic E-state index is 0.0853. The molecule has 0 aliphatic carbocycles. The van der Waals surface area contributed by atoms with Gasteiger partial charge in [0.2, 0.25) is 5.91 Å². The lowest BCUT2D eigenvalue weighted by molar-refractivity contribution is -0.130. The molecule has 1 aliphatic heterocycles. The fourth-order valence-corrected chi connectivity index (χ4v) is 3.21. The molecule has 0 saturated carbocycles. The highest BCUT2D eigenvalue weighted by Gasteiger charge is 2.32. The van der Waals surface area contributed by atoms with Crippen molar-refractivity contribution in [2.24, 2.45) is 0 Å². The second kappa shape index (κ2) is 8.92. The van der Waals surface area contributed by atoms with Crippen LogP contribution in [0.3, 0.4) is 0 Å². The van der Waals surface area contributed by atoms with E-state index < -0.39 is 5.91 Å². The van der Waals surface area contributed by atoms with Crippen LogP contribution >= 0.6 is 0 Å². The summed E-state index contributed by atoms with van der Waals surface area (Å²) in [5.74, 6) is -1.03. The molecule has 3 amide bonds. The summed E-state index contributed by atoms with van der Waals surface area (Å²) in [5, 5.41) is 10.0. The fraction of sp³-hybridized carbons (Fsp3) is 0.350. The first kappa shape index (κ1) is 19.9. The summed E-state index contributed by atoms with van der Waals surface area (Å²) in [6, 6.07) is 11.0. The Kier molecular flexibility index (Phi) is 6.35. The summed E-state index contributed by atoms with van der Waals surface area (Å²) in [6.45, 7) is 1.99. The zero-order valence-electron chi connectivity index (χ0n) is 15.7. The van der Waals surface area contributed by atoms with Crippen molar-refractivity contribution in [2.45, 2.75) is 6.42 Å². The summed E-state index contributed by atoms with van der Waals surface area (Å²) in [5.41, 5.74) is 2.66. The van der Waals surface area contributed by atoms with Gasteiger partial charge in [-0.25, -0.2) is 5.48 Å². The lowest BCUT2D eigenvalue weighted by atomic mass is 9.94. The van der Waals surface area contributed by atoms with E-state index in [9.17, 15) is 14.4 Å². The highest BCUT2D eigenvalue weighted by Crippen LogP contribution is 2.29. The van der Waals surface area contributed by atoms with Crippen LogP contribution in [0.5, 0.6) is 0 Å². The number of hydrogen-bond donors (Lipinski definition) is 2. The summed E-state index contributed by atoms with van der Waals surface area (Å²) < 4.78 is 5.33. The second-order valence-electron chi connectivity index (χ2n) is 6.67. The summed E-state index contributed by atoms with van der Waals surface area (Å²) in [7, 11) is 1.87. The Morgan fingerprint density at radius 3 is 2.32 bits per heavy atom. The highest BCUT2D eigenvalue weighted by atomic mass is 16.5.